The van der Waals surface area contributed by atoms with Crippen LogP contribution in [0.25, 0.3) is 11.0 Å². The number of carbonyl (C=O) groups is 1. The van der Waals surface area contributed by atoms with Crippen LogP contribution in [-0.4, -0.2) is 28.7 Å². The van der Waals surface area contributed by atoms with Gasteiger partial charge >= 0.3 is 0 Å². The lowest BCUT2D eigenvalue weighted by Gasteiger charge is -2.29. The van der Waals surface area contributed by atoms with Gasteiger partial charge in [0, 0.05) is 23.3 Å². The molecule has 1 aromatic carbocycles. The molecule has 94 valence electrons. The van der Waals surface area contributed by atoms with Crippen molar-refractivity contribution in [3.63, 3.8) is 0 Å². The molecule has 0 bridgehead atoms. The molecule has 1 atom stereocenters. The number of hydrogen-bond donors (Lipinski definition) is 0. The van der Waals surface area contributed by atoms with E-state index in [1.54, 1.807) is 0 Å². The molecule has 2 aromatic rings. The number of carbonyl (C=O) groups excluding carboxylic acids is 1. The third-order valence-electron chi connectivity index (χ3n) is 3.29. The molecule has 1 saturated heterocycles. The van der Waals surface area contributed by atoms with Crippen molar-refractivity contribution < 1.29 is 9.21 Å². The van der Waals surface area contributed by atoms with Crippen LogP contribution in [-0.2, 0) is 0 Å². The lowest BCUT2D eigenvalue weighted by Crippen LogP contribution is -2.40. The summed E-state index contributed by atoms with van der Waals surface area (Å²) in [5.74, 6) is 0.438. The molecule has 1 aromatic heterocycles. The maximum absolute atomic E-state index is 12.3. The number of benzene rings is 1. The number of halogens is 1. The summed E-state index contributed by atoms with van der Waals surface area (Å²) in [4.78, 5) is 14.6. The topological polar surface area (TPSA) is 33.5 Å². The number of likely N-dealkylation sites (tertiary alicyclic amines) is 1. The van der Waals surface area contributed by atoms with Gasteiger partial charge in [0.2, 0.25) is 0 Å². The number of alkyl halides is 1. The first-order valence-corrected chi connectivity index (χ1v) is 7.07. The Balaban J connectivity index is 1.87. The van der Waals surface area contributed by atoms with Crippen LogP contribution in [0.5, 0.6) is 0 Å². The van der Waals surface area contributed by atoms with Crippen LogP contribution in [0.3, 0.4) is 0 Å². The van der Waals surface area contributed by atoms with Crippen molar-refractivity contribution in [3.8, 4) is 0 Å². The van der Waals surface area contributed by atoms with Crippen molar-refractivity contribution in [2.75, 3.05) is 13.1 Å². The monoisotopic (exact) mass is 307 g/mol. The van der Waals surface area contributed by atoms with Crippen LogP contribution < -0.4 is 0 Å². The summed E-state index contributed by atoms with van der Waals surface area (Å²) in [5.41, 5.74) is 0.772. The van der Waals surface area contributed by atoms with Crippen molar-refractivity contribution in [1.29, 1.82) is 0 Å². The zero-order valence-corrected chi connectivity index (χ0v) is 11.5. The average molecular weight is 308 g/mol. The zero-order valence-electron chi connectivity index (χ0n) is 9.93. The Bertz CT molecular complexity index is 545. The third kappa shape index (κ3) is 2.17. The highest BCUT2D eigenvalue weighted by Gasteiger charge is 2.25. The van der Waals surface area contributed by atoms with Gasteiger partial charge in [-0.2, -0.15) is 0 Å². The third-order valence-corrected chi connectivity index (χ3v) is 4.03. The minimum Gasteiger partial charge on any atom is -0.451 e. The van der Waals surface area contributed by atoms with Crippen LogP contribution in [0.15, 0.2) is 34.7 Å². The number of piperidine rings is 1. The van der Waals surface area contributed by atoms with E-state index in [1.807, 2.05) is 35.2 Å². The summed E-state index contributed by atoms with van der Waals surface area (Å²) in [6.45, 7) is 1.58. The van der Waals surface area contributed by atoms with E-state index in [9.17, 15) is 4.79 Å². The average Bonchev–Trinajstić information content (AvgIpc) is 2.81. The van der Waals surface area contributed by atoms with E-state index in [4.69, 9.17) is 4.42 Å². The largest absolute Gasteiger partial charge is 0.451 e. The van der Waals surface area contributed by atoms with Gasteiger partial charge in [0.1, 0.15) is 5.58 Å². The summed E-state index contributed by atoms with van der Waals surface area (Å²) in [6, 6.07) is 9.53. The fraction of sp³-hybridized carbons (Fsp3) is 0.357. The number of fused-ring (bicyclic) bond motifs is 1. The molecule has 1 fully saturated rings. The summed E-state index contributed by atoms with van der Waals surface area (Å²) >= 11 is 3.58. The molecule has 18 heavy (non-hydrogen) atoms. The lowest BCUT2D eigenvalue weighted by atomic mass is 10.1. The molecule has 0 aliphatic carbocycles. The van der Waals surface area contributed by atoms with E-state index >= 15 is 0 Å². The first-order chi connectivity index (χ1) is 8.74. The predicted molar refractivity (Wildman–Crippen MR) is 74.1 cm³/mol. The fourth-order valence-corrected chi connectivity index (χ4v) is 3.03. The molecule has 3 rings (SSSR count). The van der Waals surface area contributed by atoms with E-state index < -0.39 is 0 Å². The molecule has 0 spiro atoms. The van der Waals surface area contributed by atoms with Gasteiger partial charge in [-0.25, -0.2) is 0 Å². The normalized spacial score (nSPS) is 20.3. The van der Waals surface area contributed by atoms with Gasteiger partial charge in [0.15, 0.2) is 5.76 Å². The molecular formula is C14H14BrNO2. The molecule has 1 aliphatic heterocycles. The van der Waals surface area contributed by atoms with Gasteiger partial charge in [-0.3, -0.25) is 4.79 Å². The second-order valence-corrected chi connectivity index (χ2v) is 5.93. The summed E-state index contributed by atoms with van der Waals surface area (Å²) in [6.07, 6.45) is 2.17. The molecule has 0 saturated carbocycles. The van der Waals surface area contributed by atoms with Gasteiger partial charge in [-0.1, -0.05) is 34.1 Å². The number of rotatable bonds is 1. The minimum absolute atomic E-state index is 0.00431. The van der Waals surface area contributed by atoms with Gasteiger partial charge in [-0.05, 0) is 25.0 Å². The number of furan rings is 1. The molecule has 3 nitrogen and oxygen atoms in total. The second kappa shape index (κ2) is 4.76. The molecule has 0 radical (unpaired) electrons. The molecule has 2 heterocycles. The van der Waals surface area contributed by atoms with Crippen LogP contribution in [0.2, 0.25) is 0 Å². The maximum atomic E-state index is 12.3. The molecule has 0 N–H and O–H groups in total. The number of hydrogen-bond acceptors (Lipinski definition) is 2. The highest BCUT2D eigenvalue weighted by atomic mass is 79.9. The SMILES string of the molecule is O=C(c1cc2ccccc2o1)N1CCCC(Br)C1. The van der Waals surface area contributed by atoms with E-state index in [0.29, 0.717) is 10.6 Å². The zero-order chi connectivity index (χ0) is 12.5. The molecular weight excluding hydrogens is 294 g/mol. The Morgan fingerprint density at radius 3 is 3.00 bits per heavy atom. The fourth-order valence-electron chi connectivity index (χ4n) is 2.35. The van der Waals surface area contributed by atoms with E-state index in [0.717, 1.165) is 36.9 Å². The van der Waals surface area contributed by atoms with Crippen molar-refractivity contribution in [1.82, 2.24) is 4.90 Å². The highest BCUT2D eigenvalue weighted by Crippen LogP contribution is 2.23. The minimum atomic E-state index is -0.00431. The molecule has 1 aliphatic rings. The predicted octanol–water partition coefficient (Wildman–Crippen LogP) is 3.43. The first kappa shape index (κ1) is 11.8. The molecule has 1 unspecified atom stereocenters. The van der Waals surface area contributed by atoms with Crippen molar-refractivity contribution in [3.05, 3.63) is 36.1 Å². The van der Waals surface area contributed by atoms with Crippen molar-refractivity contribution >= 4 is 32.8 Å². The Morgan fingerprint density at radius 1 is 1.39 bits per heavy atom. The molecule has 4 heteroatoms. The first-order valence-electron chi connectivity index (χ1n) is 6.16. The molecule has 1 amide bonds. The van der Waals surface area contributed by atoms with E-state index in [2.05, 4.69) is 15.9 Å². The van der Waals surface area contributed by atoms with Crippen molar-refractivity contribution in [2.24, 2.45) is 0 Å². The van der Waals surface area contributed by atoms with Gasteiger partial charge in [0.05, 0.1) is 0 Å². The Kier molecular flexibility index (Phi) is 3.12. The Hall–Kier alpha value is -1.29. The van der Waals surface area contributed by atoms with Crippen LogP contribution in [0.4, 0.5) is 0 Å². The van der Waals surface area contributed by atoms with Crippen molar-refractivity contribution in [2.45, 2.75) is 17.7 Å². The van der Waals surface area contributed by atoms with Gasteiger partial charge < -0.3 is 9.32 Å². The van der Waals surface area contributed by atoms with Crippen LogP contribution >= 0.6 is 15.9 Å². The number of amides is 1. The lowest BCUT2D eigenvalue weighted by molar-refractivity contribution is 0.0700. The summed E-state index contributed by atoms with van der Waals surface area (Å²) < 4.78 is 5.61. The highest BCUT2D eigenvalue weighted by molar-refractivity contribution is 9.09. The number of nitrogens with zero attached hydrogens (tertiary/aromatic N) is 1. The van der Waals surface area contributed by atoms with E-state index in [-0.39, 0.29) is 5.91 Å². The summed E-state index contributed by atoms with van der Waals surface area (Å²) in [5, 5.41) is 0.980. The Labute approximate surface area is 114 Å². The smallest absolute Gasteiger partial charge is 0.289 e. The number of para-hydroxylation sites is 1. The quantitative estimate of drug-likeness (QED) is 0.756. The van der Waals surface area contributed by atoms with Gasteiger partial charge in [-0.15, -0.1) is 0 Å². The Morgan fingerprint density at radius 2 is 2.22 bits per heavy atom. The standard InChI is InChI=1S/C14H14BrNO2/c15-11-5-3-7-16(9-11)14(17)13-8-10-4-1-2-6-12(10)18-13/h1-2,4,6,8,11H,3,5,7,9H2. The van der Waals surface area contributed by atoms with Gasteiger partial charge in [0.25, 0.3) is 5.91 Å². The van der Waals surface area contributed by atoms with Crippen LogP contribution in [0, 0.1) is 0 Å². The van der Waals surface area contributed by atoms with E-state index in [1.165, 1.54) is 0 Å². The van der Waals surface area contributed by atoms with Crippen LogP contribution in [0.1, 0.15) is 23.4 Å². The summed E-state index contributed by atoms with van der Waals surface area (Å²) in [7, 11) is 0. The maximum Gasteiger partial charge on any atom is 0.289 e. The second-order valence-electron chi connectivity index (χ2n) is 4.64.